The Morgan fingerprint density at radius 3 is 2.34 bits per heavy atom. The first kappa shape index (κ1) is 21.0. The third-order valence-electron chi connectivity index (χ3n) is 4.79. The largest absolute Gasteiger partial charge is 0.489 e. The van der Waals surface area contributed by atoms with Gasteiger partial charge >= 0.3 is 6.09 Å². The minimum Gasteiger partial charge on any atom is -0.489 e. The number of halogens is 3. The van der Waals surface area contributed by atoms with Gasteiger partial charge in [0.15, 0.2) is 0 Å². The Kier molecular flexibility index (Phi) is 6.64. The van der Waals surface area contributed by atoms with Crippen molar-refractivity contribution in [1.82, 2.24) is 10.2 Å². The van der Waals surface area contributed by atoms with Gasteiger partial charge in [0.1, 0.15) is 36.4 Å². The first-order valence-electron chi connectivity index (χ1n) is 9.36. The van der Waals surface area contributed by atoms with Crippen LogP contribution in [0.15, 0.2) is 36.4 Å². The molecule has 29 heavy (non-hydrogen) atoms. The fraction of sp³-hybridized carbons (Fsp3) is 0.381. The van der Waals surface area contributed by atoms with Crippen LogP contribution >= 0.6 is 0 Å². The van der Waals surface area contributed by atoms with Crippen LogP contribution in [0.4, 0.5) is 18.0 Å². The Hall–Kier alpha value is -2.74. The van der Waals surface area contributed by atoms with Crippen molar-refractivity contribution in [2.45, 2.75) is 39.1 Å². The molecule has 0 aromatic heterocycles. The van der Waals surface area contributed by atoms with Gasteiger partial charge in [0.25, 0.3) is 0 Å². The van der Waals surface area contributed by atoms with Gasteiger partial charge in [-0.05, 0) is 31.5 Å². The lowest BCUT2D eigenvalue weighted by molar-refractivity contribution is 0.0551. The molecule has 2 aromatic rings. The van der Waals surface area contributed by atoms with E-state index in [2.05, 4.69) is 5.32 Å². The lowest BCUT2D eigenvalue weighted by Gasteiger charge is -2.38. The summed E-state index contributed by atoms with van der Waals surface area (Å²) in [5.74, 6) is -2.22. The van der Waals surface area contributed by atoms with Crippen LogP contribution in [-0.4, -0.2) is 36.2 Å². The van der Waals surface area contributed by atoms with Crippen molar-refractivity contribution in [3.8, 4) is 5.75 Å². The maximum absolute atomic E-state index is 14.4. The average Bonchev–Trinajstić information content (AvgIpc) is 2.65. The predicted octanol–water partition coefficient (Wildman–Crippen LogP) is 4.00. The highest BCUT2D eigenvalue weighted by Crippen LogP contribution is 2.23. The quantitative estimate of drug-likeness (QED) is 0.813. The zero-order valence-electron chi connectivity index (χ0n) is 16.3. The summed E-state index contributed by atoms with van der Waals surface area (Å²) in [7, 11) is 0. The SMILES string of the molecule is CC1CNCC(C)N1C(=O)OCc1c(F)cc(OCc2cccc(F)c2)cc1F. The molecule has 5 nitrogen and oxygen atoms in total. The topological polar surface area (TPSA) is 50.8 Å². The fourth-order valence-corrected chi connectivity index (χ4v) is 3.29. The molecule has 2 aromatic carbocycles. The molecule has 0 aliphatic carbocycles. The van der Waals surface area contributed by atoms with Crippen LogP contribution in [0.3, 0.4) is 0 Å². The van der Waals surface area contributed by atoms with Crippen LogP contribution in [0.25, 0.3) is 0 Å². The number of hydrogen-bond donors (Lipinski definition) is 1. The number of piperazine rings is 1. The Balaban J connectivity index is 1.62. The molecule has 1 amide bonds. The lowest BCUT2D eigenvalue weighted by Crippen LogP contribution is -2.57. The van der Waals surface area contributed by atoms with E-state index in [1.54, 1.807) is 11.0 Å². The number of carbonyl (C=O) groups is 1. The molecule has 3 rings (SSSR count). The third kappa shape index (κ3) is 5.20. The standard InChI is InChI=1S/C21H23F3N2O3/c1-13-9-25-10-14(2)26(13)21(27)29-12-18-19(23)7-17(8-20(18)24)28-11-15-4-3-5-16(22)6-15/h3-8,13-14,25H,9-12H2,1-2H3. The lowest BCUT2D eigenvalue weighted by atomic mass is 10.1. The first-order chi connectivity index (χ1) is 13.8. The number of ether oxygens (including phenoxy) is 2. The molecule has 0 spiro atoms. The molecular formula is C21H23F3N2O3. The van der Waals surface area contributed by atoms with Gasteiger partial charge in [-0.3, -0.25) is 0 Å². The molecule has 0 saturated carbocycles. The Labute approximate surface area is 167 Å². The summed E-state index contributed by atoms with van der Waals surface area (Å²) in [5, 5.41) is 3.19. The second-order valence-electron chi connectivity index (χ2n) is 7.10. The van der Waals surface area contributed by atoms with Gasteiger partial charge in [-0.25, -0.2) is 18.0 Å². The van der Waals surface area contributed by atoms with E-state index in [1.165, 1.54) is 18.2 Å². The van der Waals surface area contributed by atoms with Gasteiger partial charge in [-0.15, -0.1) is 0 Å². The summed E-state index contributed by atoms with van der Waals surface area (Å²) in [6, 6.07) is 7.59. The van der Waals surface area contributed by atoms with Crippen LogP contribution in [0, 0.1) is 17.5 Å². The van der Waals surface area contributed by atoms with E-state index in [-0.39, 0.29) is 30.0 Å². The van der Waals surface area contributed by atoms with Crippen molar-refractivity contribution in [2.24, 2.45) is 0 Å². The van der Waals surface area contributed by atoms with Crippen LogP contribution in [0.2, 0.25) is 0 Å². The van der Waals surface area contributed by atoms with E-state index in [0.717, 1.165) is 12.1 Å². The number of nitrogens with one attached hydrogen (secondary N) is 1. The molecular weight excluding hydrogens is 385 g/mol. The number of hydrogen-bond acceptors (Lipinski definition) is 4. The van der Waals surface area contributed by atoms with Crippen molar-refractivity contribution in [3.63, 3.8) is 0 Å². The molecule has 1 aliphatic rings. The molecule has 0 radical (unpaired) electrons. The van der Waals surface area contributed by atoms with Crippen molar-refractivity contribution in [1.29, 1.82) is 0 Å². The summed E-state index contributed by atoms with van der Waals surface area (Å²) in [6.45, 7) is 4.43. The Morgan fingerprint density at radius 2 is 1.72 bits per heavy atom. The maximum Gasteiger partial charge on any atom is 0.410 e. The number of carbonyl (C=O) groups excluding carboxylic acids is 1. The predicted molar refractivity (Wildman–Crippen MR) is 101 cm³/mol. The van der Waals surface area contributed by atoms with E-state index in [0.29, 0.717) is 18.7 Å². The van der Waals surface area contributed by atoms with Crippen LogP contribution in [0.5, 0.6) is 5.75 Å². The van der Waals surface area contributed by atoms with Crippen molar-refractivity contribution < 1.29 is 27.4 Å². The highest BCUT2D eigenvalue weighted by atomic mass is 19.1. The molecule has 1 heterocycles. The molecule has 1 fully saturated rings. The fourth-order valence-electron chi connectivity index (χ4n) is 3.29. The second-order valence-corrected chi connectivity index (χ2v) is 7.10. The molecule has 0 bridgehead atoms. The molecule has 8 heteroatoms. The van der Waals surface area contributed by atoms with Gasteiger partial charge in [0.05, 0.1) is 5.56 Å². The van der Waals surface area contributed by atoms with E-state index in [1.807, 2.05) is 13.8 Å². The number of amides is 1. The Morgan fingerprint density at radius 1 is 1.07 bits per heavy atom. The maximum atomic E-state index is 14.4. The number of nitrogens with zero attached hydrogens (tertiary/aromatic N) is 1. The summed E-state index contributed by atoms with van der Waals surface area (Å²) in [5.41, 5.74) is 0.176. The van der Waals surface area contributed by atoms with Crippen molar-refractivity contribution in [2.75, 3.05) is 13.1 Å². The summed E-state index contributed by atoms with van der Waals surface area (Å²) >= 11 is 0. The van der Waals surface area contributed by atoms with E-state index < -0.39 is 30.2 Å². The van der Waals surface area contributed by atoms with Crippen molar-refractivity contribution >= 4 is 6.09 Å². The average molecular weight is 408 g/mol. The minimum absolute atomic E-state index is 0.0380. The molecule has 1 N–H and O–H groups in total. The van der Waals surface area contributed by atoms with Crippen LogP contribution in [0.1, 0.15) is 25.0 Å². The molecule has 2 unspecified atom stereocenters. The van der Waals surface area contributed by atoms with Gasteiger partial charge in [0, 0.05) is 37.3 Å². The van der Waals surface area contributed by atoms with Crippen LogP contribution < -0.4 is 10.1 Å². The smallest absolute Gasteiger partial charge is 0.410 e. The van der Waals surface area contributed by atoms with Gasteiger partial charge in [-0.1, -0.05) is 12.1 Å². The van der Waals surface area contributed by atoms with Gasteiger partial charge in [-0.2, -0.15) is 0 Å². The first-order valence-corrected chi connectivity index (χ1v) is 9.36. The van der Waals surface area contributed by atoms with Gasteiger partial charge in [0.2, 0.25) is 0 Å². The summed E-state index contributed by atoms with van der Waals surface area (Å²) in [6.07, 6.45) is -0.614. The summed E-state index contributed by atoms with van der Waals surface area (Å²) < 4.78 is 52.4. The second kappa shape index (κ2) is 9.17. The van der Waals surface area contributed by atoms with Crippen molar-refractivity contribution in [3.05, 3.63) is 65.0 Å². The molecule has 2 atom stereocenters. The molecule has 1 saturated heterocycles. The number of benzene rings is 2. The van der Waals surface area contributed by atoms with E-state index in [9.17, 15) is 18.0 Å². The highest BCUT2D eigenvalue weighted by molar-refractivity contribution is 5.68. The zero-order chi connectivity index (χ0) is 21.0. The molecule has 1 aliphatic heterocycles. The van der Waals surface area contributed by atoms with Gasteiger partial charge < -0.3 is 19.7 Å². The third-order valence-corrected chi connectivity index (χ3v) is 4.79. The van der Waals surface area contributed by atoms with Crippen LogP contribution in [-0.2, 0) is 18.0 Å². The summed E-state index contributed by atoms with van der Waals surface area (Å²) in [4.78, 5) is 13.9. The van der Waals surface area contributed by atoms with E-state index in [4.69, 9.17) is 9.47 Å². The zero-order valence-corrected chi connectivity index (χ0v) is 16.3. The molecule has 156 valence electrons. The van der Waals surface area contributed by atoms with E-state index >= 15 is 0 Å². The Bertz CT molecular complexity index is 845. The highest BCUT2D eigenvalue weighted by Gasteiger charge is 2.30. The normalized spacial score (nSPS) is 19.1. The number of rotatable bonds is 5. The minimum atomic E-state index is -0.881. The monoisotopic (exact) mass is 408 g/mol.